The Bertz CT molecular complexity index is 1010. The maximum atomic E-state index is 12.9. The Labute approximate surface area is 194 Å². The molecule has 2 heterocycles. The van der Waals surface area contributed by atoms with Crippen LogP contribution in [0.5, 0.6) is 0 Å². The number of aromatic nitrogens is 2. The molecule has 3 rings (SSSR count). The Kier molecular flexibility index (Phi) is 8.03. The van der Waals surface area contributed by atoms with Crippen molar-refractivity contribution < 1.29 is 13.2 Å². The van der Waals surface area contributed by atoms with Crippen molar-refractivity contribution in [2.24, 2.45) is 5.92 Å². The Morgan fingerprint density at radius 2 is 2.13 bits per heavy atom. The van der Waals surface area contributed by atoms with E-state index in [0.29, 0.717) is 45.4 Å². The normalized spacial score (nSPS) is 18.0. The standard InChI is InChI=1S/C18H22Cl2N4O3S3/c1-11(2)28-18-23-22-17(29-18)21-16(25)12-4-3-7-24(9-12)30(26,27)10-13-5-6-14(19)8-15(13)20/h5-6,8,11-12H,3-4,7,9-10H2,1-2H3,(H,21,22,25)/t12-/m1/s1. The second-order valence-electron chi connectivity index (χ2n) is 7.22. The molecule has 30 heavy (non-hydrogen) atoms. The van der Waals surface area contributed by atoms with Gasteiger partial charge in [0.1, 0.15) is 0 Å². The zero-order valence-corrected chi connectivity index (χ0v) is 20.4. The van der Waals surface area contributed by atoms with Gasteiger partial charge in [0.25, 0.3) is 0 Å². The minimum Gasteiger partial charge on any atom is -0.300 e. The molecule has 12 heteroatoms. The summed E-state index contributed by atoms with van der Waals surface area (Å²) in [6, 6.07) is 4.74. The zero-order chi connectivity index (χ0) is 21.9. The van der Waals surface area contributed by atoms with Crippen LogP contribution in [0.1, 0.15) is 32.3 Å². The van der Waals surface area contributed by atoms with Crippen molar-refractivity contribution in [2.45, 2.75) is 42.0 Å². The summed E-state index contributed by atoms with van der Waals surface area (Å²) in [4.78, 5) is 12.7. The molecule has 1 saturated heterocycles. The minimum atomic E-state index is -3.62. The first-order valence-electron chi connectivity index (χ1n) is 9.37. The number of piperidine rings is 1. The molecule has 7 nitrogen and oxygen atoms in total. The number of sulfonamides is 1. The van der Waals surface area contributed by atoms with Crippen LogP contribution in [-0.4, -0.2) is 47.2 Å². The van der Waals surface area contributed by atoms with E-state index in [9.17, 15) is 13.2 Å². The molecular formula is C18H22Cl2N4O3S3. The molecule has 2 aromatic rings. The molecule has 1 aliphatic heterocycles. The molecule has 1 aliphatic rings. The summed E-state index contributed by atoms with van der Waals surface area (Å²) < 4.78 is 28.0. The maximum absolute atomic E-state index is 12.9. The van der Waals surface area contributed by atoms with Gasteiger partial charge in [-0.2, -0.15) is 0 Å². The SMILES string of the molecule is CC(C)Sc1nnc(NC(=O)[C@@H]2CCCN(S(=O)(=O)Cc3ccc(Cl)cc3Cl)C2)s1. The molecule has 0 bridgehead atoms. The zero-order valence-electron chi connectivity index (χ0n) is 16.5. The number of carbonyl (C=O) groups excluding carboxylic acids is 1. The van der Waals surface area contributed by atoms with E-state index >= 15 is 0 Å². The number of amides is 1. The lowest BCUT2D eigenvalue weighted by atomic mass is 9.99. The number of halogens is 2. The summed E-state index contributed by atoms with van der Waals surface area (Å²) in [5, 5.41) is 12.4. The van der Waals surface area contributed by atoms with Crippen LogP contribution in [0.4, 0.5) is 5.13 Å². The monoisotopic (exact) mass is 508 g/mol. The van der Waals surface area contributed by atoms with Crippen LogP contribution in [0.25, 0.3) is 0 Å². The first-order valence-corrected chi connectivity index (χ1v) is 13.4. The second kappa shape index (κ2) is 10.1. The van der Waals surface area contributed by atoms with Crippen LogP contribution < -0.4 is 5.32 Å². The second-order valence-corrected chi connectivity index (χ2v) is 12.8. The van der Waals surface area contributed by atoms with Crippen molar-refractivity contribution in [3.8, 4) is 0 Å². The average molecular weight is 510 g/mol. The van der Waals surface area contributed by atoms with Gasteiger partial charge in [-0.25, -0.2) is 12.7 Å². The van der Waals surface area contributed by atoms with Crippen molar-refractivity contribution in [2.75, 3.05) is 18.4 Å². The van der Waals surface area contributed by atoms with E-state index in [0.717, 1.165) is 4.34 Å². The third kappa shape index (κ3) is 6.30. The van der Waals surface area contributed by atoms with Gasteiger partial charge in [0, 0.05) is 28.4 Å². The molecule has 0 spiro atoms. The summed E-state index contributed by atoms with van der Waals surface area (Å²) in [7, 11) is -3.62. The van der Waals surface area contributed by atoms with Crippen LogP contribution in [0.15, 0.2) is 22.5 Å². The van der Waals surface area contributed by atoms with E-state index in [1.54, 1.807) is 23.9 Å². The number of hydrogen-bond acceptors (Lipinski definition) is 7. The van der Waals surface area contributed by atoms with E-state index in [4.69, 9.17) is 23.2 Å². The summed E-state index contributed by atoms with van der Waals surface area (Å²) >= 11 is 14.9. The quantitative estimate of drug-likeness (QED) is 0.436. The van der Waals surface area contributed by atoms with Gasteiger partial charge in [-0.15, -0.1) is 10.2 Å². The van der Waals surface area contributed by atoms with E-state index in [2.05, 4.69) is 29.4 Å². The number of thioether (sulfide) groups is 1. The number of anilines is 1. The van der Waals surface area contributed by atoms with Crippen LogP contribution in [-0.2, 0) is 20.6 Å². The van der Waals surface area contributed by atoms with E-state index in [-0.39, 0.29) is 18.2 Å². The highest BCUT2D eigenvalue weighted by Gasteiger charge is 2.33. The molecule has 1 aromatic carbocycles. The first kappa shape index (κ1) is 23.7. The number of hydrogen-bond donors (Lipinski definition) is 1. The Balaban J connectivity index is 1.63. The summed E-state index contributed by atoms with van der Waals surface area (Å²) in [5.74, 6) is -0.917. The van der Waals surface area contributed by atoms with Crippen LogP contribution in [0.2, 0.25) is 10.0 Å². The molecule has 1 atom stereocenters. The highest BCUT2D eigenvalue weighted by molar-refractivity contribution is 8.01. The van der Waals surface area contributed by atoms with E-state index in [1.165, 1.54) is 21.7 Å². The lowest BCUT2D eigenvalue weighted by molar-refractivity contribution is -0.120. The van der Waals surface area contributed by atoms with Crippen LogP contribution in [0.3, 0.4) is 0 Å². The third-order valence-electron chi connectivity index (χ3n) is 4.47. The number of carbonyl (C=O) groups is 1. The summed E-state index contributed by atoms with van der Waals surface area (Å²) in [6.07, 6.45) is 1.22. The predicted molar refractivity (Wildman–Crippen MR) is 123 cm³/mol. The van der Waals surface area contributed by atoms with Gasteiger partial charge < -0.3 is 5.32 Å². The number of rotatable bonds is 7. The third-order valence-corrected chi connectivity index (χ3v) is 8.78. The lowest BCUT2D eigenvalue weighted by Gasteiger charge is -2.31. The van der Waals surface area contributed by atoms with Crippen molar-refractivity contribution in [1.82, 2.24) is 14.5 Å². The molecule has 1 aromatic heterocycles. The molecule has 0 radical (unpaired) electrons. The van der Waals surface area contributed by atoms with Crippen molar-refractivity contribution >= 4 is 67.4 Å². The average Bonchev–Trinajstić information content (AvgIpc) is 3.10. The van der Waals surface area contributed by atoms with E-state index in [1.807, 2.05) is 0 Å². The maximum Gasteiger partial charge on any atom is 0.230 e. The summed E-state index contributed by atoms with van der Waals surface area (Å²) in [6.45, 7) is 4.62. The molecule has 1 fully saturated rings. The van der Waals surface area contributed by atoms with Gasteiger partial charge in [-0.05, 0) is 30.5 Å². The Morgan fingerprint density at radius 3 is 2.83 bits per heavy atom. The fraction of sp³-hybridized carbons (Fsp3) is 0.500. The molecule has 0 aliphatic carbocycles. The Morgan fingerprint density at radius 1 is 1.37 bits per heavy atom. The van der Waals surface area contributed by atoms with Gasteiger partial charge in [0.15, 0.2) is 4.34 Å². The van der Waals surface area contributed by atoms with Crippen molar-refractivity contribution in [3.05, 3.63) is 33.8 Å². The van der Waals surface area contributed by atoms with Gasteiger partial charge >= 0.3 is 0 Å². The van der Waals surface area contributed by atoms with Gasteiger partial charge in [0.05, 0.1) is 11.7 Å². The predicted octanol–water partition coefficient (Wildman–Crippen LogP) is 4.53. The van der Waals surface area contributed by atoms with Crippen LogP contribution >= 0.6 is 46.3 Å². The molecular weight excluding hydrogens is 487 g/mol. The topological polar surface area (TPSA) is 92.3 Å². The van der Waals surface area contributed by atoms with Gasteiger partial charge in [-0.1, -0.05) is 66.2 Å². The van der Waals surface area contributed by atoms with Gasteiger partial charge in [-0.3, -0.25) is 4.79 Å². The van der Waals surface area contributed by atoms with Crippen molar-refractivity contribution in [3.63, 3.8) is 0 Å². The number of benzene rings is 1. The fourth-order valence-corrected chi connectivity index (χ4v) is 7.23. The first-order chi connectivity index (χ1) is 14.1. The lowest BCUT2D eigenvalue weighted by Crippen LogP contribution is -2.44. The number of nitrogens with zero attached hydrogens (tertiary/aromatic N) is 3. The van der Waals surface area contributed by atoms with Gasteiger partial charge in [0.2, 0.25) is 21.1 Å². The highest BCUT2D eigenvalue weighted by Crippen LogP contribution is 2.30. The number of nitrogens with one attached hydrogen (secondary N) is 1. The molecule has 1 N–H and O–H groups in total. The smallest absolute Gasteiger partial charge is 0.230 e. The van der Waals surface area contributed by atoms with Crippen LogP contribution in [0, 0.1) is 5.92 Å². The molecule has 0 saturated carbocycles. The molecule has 0 unspecified atom stereocenters. The van der Waals surface area contributed by atoms with E-state index < -0.39 is 15.9 Å². The molecule has 1 amide bonds. The van der Waals surface area contributed by atoms with Crippen molar-refractivity contribution in [1.29, 1.82) is 0 Å². The summed E-state index contributed by atoms with van der Waals surface area (Å²) in [5.41, 5.74) is 0.483. The Hall–Kier alpha value is -0.910. The fourth-order valence-electron chi connectivity index (χ4n) is 3.05. The highest BCUT2D eigenvalue weighted by atomic mass is 35.5. The molecule has 164 valence electrons. The largest absolute Gasteiger partial charge is 0.300 e. The minimum absolute atomic E-state index is 0.131.